The van der Waals surface area contributed by atoms with Gasteiger partial charge in [-0.1, -0.05) is 26.7 Å². The second kappa shape index (κ2) is 22.5. The molecule has 26 nitrogen and oxygen atoms in total. The zero-order valence-electron chi connectivity index (χ0n) is 34.0. The number of aliphatic carboxylic acids is 2. The van der Waals surface area contributed by atoms with Crippen LogP contribution in [0, 0.1) is 11.8 Å². The van der Waals surface area contributed by atoms with Crippen LogP contribution in [0.1, 0.15) is 39.5 Å². The summed E-state index contributed by atoms with van der Waals surface area (Å²) in [6.45, 7) is 0.242. The molecule has 1 saturated carbocycles. The molecule has 4 saturated heterocycles. The molecule has 0 bridgehead atoms. The second-order valence-electron chi connectivity index (χ2n) is 16.8. The van der Waals surface area contributed by atoms with Crippen molar-refractivity contribution in [2.75, 3.05) is 39.5 Å². The summed E-state index contributed by atoms with van der Waals surface area (Å²) in [6, 6.07) is -2.00. The largest absolute Gasteiger partial charge is 0.480 e. The molecule has 0 aromatic heterocycles. The van der Waals surface area contributed by atoms with Crippen LogP contribution in [0.15, 0.2) is 0 Å². The van der Waals surface area contributed by atoms with E-state index in [-0.39, 0.29) is 18.3 Å². The van der Waals surface area contributed by atoms with Crippen LogP contribution in [0.4, 0.5) is 0 Å². The van der Waals surface area contributed by atoms with Crippen LogP contribution in [-0.4, -0.2) is 255 Å². The lowest BCUT2D eigenvalue weighted by Crippen LogP contribution is -2.68. The summed E-state index contributed by atoms with van der Waals surface area (Å²) < 4.78 is 31.5. The smallest absolute Gasteiger partial charge is 0.320 e. The van der Waals surface area contributed by atoms with Gasteiger partial charge in [-0.25, -0.2) is 0 Å². The van der Waals surface area contributed by atoms with Crippen LogP contribution in [0.25, 0.3) is 0 Å². The number of carboxylic acid groups (broad SMARTS) is 2. The lowest BCUT2D eigenvalue weighted by molar-refractivity contribution is -0.367. The molecular formula is C36H64N2O24. The number of hydrogen-bond acceptors (Lipinski definition) is 24. The number of carboxylic acids is 2. The van der Waals surface area contributed by atoms with Gasteiger partial charge in [0.25, 0.3) is 0 Å². The Balaban J connectivity index is 0.000000273. The molecule has 4 aliphatic heterocycles. The summed E-state index contributed by atoms with van der Waals surface area (Å²) >= 11 is 0. The fourth-order valence-electron chi connectivity index (χ4n) is 7.30. The molecule has 5 fully saturated rings. The van der Waals surface area contributed by atoms with E-state index in [1.54, 1.807) is 0 Å². The van der Waals surface area contributed by atoms with E-state index in [9.17, 15) is 91.3 Å². The predicted octanol–water partition coefficient (Wildman–Crippen LogP) is -8.84. The predicted molar refractivity (Wildman–Crippen MR) is 199 cm³/mol. The molecule has 0 aromatic rings. The van der Waals surface area contributed by atoms with E-state index >= 15 is 0 Å². The number of aliphatic hydroxyl groups is 14. The van der Waals surface area contributed by atoms with Gasteiger partial charge in [0.1, 0.15) is 97.5 Å². The maximum Gasteiger partial charge on any atom is 0.320 e. The van der Waals surface area contributed by atoms with Gasteiger partial charge in [-0.05, 0) is 24.7 Å². The molecule has 0 aromatic carbocycles. The maximum atomic E-state index is 11.4. The number of carbonyl (C=O) groups is 2. The first kappa shape index (κ1) is 52.7. The molecule has 62 heavy (non-hydrogen) atoms. The molecule has 0 unspecified atom stereocenters. The Morgan fingerprint density at radius 1 is 0.629 bits per heavy atom. The van der Waals surface area contributed by atoms with Crippen LogP contribution in [0.2, 0.25) is 0 Å². The lowest BCUT2D eigenvalue weighted by atomic mass is 9.95. The molecule has 26 heteroatoms. The molecule has 1 aliphatic carbocycles. The van der Waals surface area contributed by atoms with Gasteiger partial charge in [0.15, 0.2) is 12.6 Å². The highest BCUT2D eigenvalue weighted by molar-refractivity contribution is 5.73. The van der Waals surface area contributed by atoms with E-state index in [0.29, 0.717) is 6.42 Å². The van der Waals surface area contributed by atoms with E-state index in [4.69, 9.17) is 28.4 Å². The highest BCUT2D eigenvalue weighted by Crippen LogP contribution is 2.35. The highest BCUT2D eigenvalue weighted by Gasteiger charge is 2.55. The minimum absolute atomic E-state index is 0.0320. The zero-order valence-corrected chi connectivity index (χ0v) is 34.0. The average molecular weight is 909 g/mol. The summed E-state index contributed by atoms with van der Waals surface area (Å²) in [7, 11) is 0. The van der Waals surface area contributed by atoms with Crippen LogP contribution < -0.4 is 10.6 Å². The van der Waals surface area contributed by atoms with Crippen molar-refractivity contribution in [2.45, 2.75) is 161 Å². The van der Waals surface area contributed by atoms with Crippen LogP contribution in [0.5, 0.6) is 0 Å². The van der Waals surface area contributed by atoms with Crippen LogP contribution in [-0.2, 0) is 38.0 Å². The SMILES string of the molecule is CC(C)C[C@@H](NC[C@@]1(O)OC[C@@H](O)[C@@H](O[C@@H]2O[C@H](CO)[C@H](O)[C@H](O)[C@H]2O)[C@@H]1O)C(=O)O.O=C(O)[C@H](CC1CC1)NC[C@@]1(O)OC[C@@H](O)[C@@H](O[C@@H]2O[C@H](CO)[C@H](O)[C@H](O)[C@H]2O)[C@@H]1O. The lowest BCUT2D eigenvalue weighted by Gasteiger charge is -2.47. The van der Waals surface area contributed by atoms with Gasteiger partial charge in [-0.15, -0.1) is 0 Å². The van der Waals surface area contributed by atoms with Gasteiger partial charge < -0.3 is 110 Å². The van der Waals surface area contributed by atoms with Crippen molar-refractivity contribution in [3.05, 3.63) is 0 Å². The van der Waals surface area contributed by atoms with E-state index in [2.05, 4.69) is 10.6 Å². The fraction of sp³-hybridized carbons (Fsp3) is 0.944. The Morgan fingerprint density at radius 3 is 1.35 bits per heavy atom. The van der Waals surface area contributed by atoms with Gasteiger partial charge in [0.2, 0.25) is 11.6 Å². The van der Waals surface area contributed by atoms with Crippen LogP contribution >= 0.6 is 0 Å². The minimum atomic E-state index is -2.34. The van der Waals surface area contributed by atoms with E-state index in [0.717, 1.165) is 12.8 Å². The molecule has 18 N–H and O–H groups in total. The zero-order chi connectivity index (χ0) is 46.4. The molecule has 4 heterocycles. The minimum Gasteiger partial charge on any atom is -0.480 e. The summed E-state index contributed by atoms with van der Waals surface area (Å²) in [5.74, 6) is -6.63. The molecular weight excluding hydrogens is 844 g/mol. The molecule has 0 amide bonds. The first-order chi connectivity index (χ1) is 29.0. The van der Waals surface area contributed by atoms with Crippen LogP contribution in [0.3, 0.4) is 0 Å². The Hall–Kier alpha value is -1.94. The van der Waals surface area contributed by atoms with Gasteiger partial charge in [-0.2, -0.15) is 0 Å². The number of rotatable bonds is 18. The van der Waals surface area contributed by atoms with Gasteiger partial charge in [0.05, 0.1) is 39.5 Å². The van der Waals surface area contributed by atoms with Gasteiger partial charge >= 0.3 is 11.9 Å². The Morgan fingerprint density at radius 2 is 1.02 bits per heavy atom. The molecule has 0 radical (unpaired) electrons. The summed E-state index contributed by atoms with van der Waals surface area (Å²) in [4.78, 5) is 22.8. The molecule has 5 aliphatic rings. The topological polar surface area (TPSA) is 437 Å². The normalized spacial score (nSPS) is 43.6. The molecule has 362 valence electrons. The number of aliphatic hydroxyl groups excluding tert-OH is 12. The Bertz CT molecular complexity index is 1320. The van der Waals surface area contributed by atoms with Crippen molar-refractivity contribution in [3.63, 3.8) is 0 Å². The first-order valence-corrected chi connectivity index (χ1v) is 20.3. The number of hydrogen-bond donors (Lipinski definition) is 18. The van der Waals surface area contributed by atoms with Crippen molar-refractivity contribution in [1.29, 1.82) is 0 Å². The van der Waals surface area contributed by atoms with E-state index in [1.165, 1.54) is 0 Å². The summed E-state index contributed by atoms with van der Waals surface area (Å²) in [6.07, 6.45) is -23.6. The van der Waals surface area contributed by atoms with Crippen molar-refractivity contribution >= 4 is 11.9 Å². The Labute approximate surface area is 354 Å². The van der Waals surface area contributed by atoms with Crippen molar-refractivity contribution in [3.8, 4) is 0 Å². The average Bonchev–Trinajstić information content (AvgIpc) is 4.05. The van der Waals surface area contributed by atoms with Crippen molar-refractivity contribution < 1.29 is 120 Å². The van der Waals surface area contributed by atoms with Crippen molar-refractivity contribution in [2.24, 2.45) is 11.8 Å². The second-order valence-corrected chi connectivity index (χ2v) is 16.8. The third kappa shape index (κ3) is 12.9. The molecule has 0 spiro atoms. The third-order valence-electron chi connectivity index (χ3n) is 11.4. The number of ether oxygens (including phenoxy) is 6. The maximum absolute atomic E-state index is 11.4. The molecule has 5 rings (SSSR count). The first-order valence-electron chi connectivity index (χ1n) is 20.3. The third-order valence-corrected chi connectivity index (χ3v) is 11.4. The number of nitrogens with one attached hydrogen (secondary N) is 2. The fourth-order valence-corrected chi connectivity index (χ4v) is 7.30. The highest BCUT2D eigenvalue weighted by atomic mass is 16.7. The standard InChI is InChI=1S/C18H31NO12.C18H33NO12/c20-4-10-11(22)12(23)13(24)17(30-10)31-14-9(21)5-29-18(28,15(14)25)6-19-8(16(26)27)3-7-1-2-7;1-7(2)3-8(16(26)27)19-6-18(28)15(25)14(9(21)5-29-18)31-17-13(24)12(23)11(22)10(4-20)30-17/h7-15,17,19-25,28H,1-6H2,(H,26,27);7-15,17,19-25,28H,3-6H2,1-2H3,(H,26,27)/t8-,9+,10+,11-,12-,13+,14+,15-,17-,18+;8-,9-,10-,11+,12+,13-,14-,15+,17+,18-/m01/s1. The van der Waals surface area contributed by atoms with Crippen molar-refractivity contribution in [1.82, 2.24) is 10.6 Å². The molecule has 20 atom stereocenters. The van der Waals surface area contributed by atoms with Gasteiger partial charge in [0, 0.05) is 0 Å². The van der Waals surface area contributed by atoms with E-state index in [1.807, 2.05) is 13.8 Å². The Kier molecular flexibility index (Phi) is 19.1. The monoisotopic (exact) mass is 908 g/mol. The van der Waals surface area contributed by atoms with Gasteiger partial charge in [-0.3, -0.25) is 20.2 Å². The summed E-state index contributed by atoms with van der Waals surface area (Å²) in [5, 5.41) is 165. The van der Waals surface area contributed by atoms with E-state index < -0.39 is 173 Å². The quantitative estimate of drug-likeness (QED) is 0.0607. The summed E-state index contributed by atoms with van der Waals surface area (Å²) in [5.41, 5.74) is 0.